The predicted octanol–water partition coefficient (Wildman–Crippen LogP) is 2.04. The number of carboxylic acid groups (broad SMARTS) is 1. The second-order valence-electron chi connectivity index (χ2n) is 6.78. The molecule has 6 heteroatoms. The molecule has 1 aromatic rings. The fraction of sp³-hybridized carbons (Fsp3) is 0.500. The molecule has 1 aromatic carbocycles. The Kier molecular flexibility index (Phi) is 6.95. The summed E-state index contributed by atoms with van der Waals surface area (Å²) in [6.07, 6.45) is 0.0618. The molecule has 0 saturated heterocycles. The highest BCUT2D eigenvalue weighted by Crippen LogP contribution is 2.13. The van der Waals surface area contributed by atoms with Crippen LogP contribution in [0.3, 0.4) is 0 Å². The maximum absolute atomic E-state index is 12.4. The van der Waals surface area contributed by atoms with Gasteiger partial charge >= 0.3 is 5.97 Å². The molecular formula is C18H26N2O4. The number of carboxylic acids is 1. The third kappa shape index (κ3) is 6.02. The SMILES string of the molecule is CC(C(=O)O)N(Cc1ccccc1)C(=O)CCNC(=O)C(C)(C)C. The van der Waals surface area contributed by atoms with Gasteiger partial charge in [-0.3, -0.25) is 9.59 Å². The zero-order chi connectivity index (χ0) is 18.3. The molecule has 1 unspecified atom stereocenters. The van der Waals surface area contributed by atoms with E-state index in [-0.39, 0.29) is 31.3 Å². The van der Waals surface area contributed by atoms with Crippen LogP contribution in [0.5, 0.6) is 0 Å². The molecule has 0 bridgehead atoms. The lowest BCUT2D eigenvalue weighted by molar-refractivity contribution is -0.150. The van der Waals surface area contributed by atoms with Crippen LogP contribution >= 0.6 is 0 Å². The van der Waals surface area contributed by atoms with Crippen molar-refractivity contribution in [3.8, 4) is 0 Å². The molecule has 0 aliphatic rings. The van der Waals surface area contributed by atoms with Crippen molar-refractivity contribution in [1.82, 2.24) is 10.2 Å². The van der Waals surface area contributed by atoms with E-state index in [1.165, 1.54) is 11.8 Å². The van der Waals surface area contributed by atoms with Gasteiger partial charge in [-0.25, -0.2) is 4.79 Å². The summed E-state index contributed by atoms with van der Waals surface area (Å²) < 4.78 is 0. The third-order valence-electron chi connectivity index (χ3n) is 3.65. The summed E-state index contributed by atoms with van der Waals surface area (Å²) in [4.78, 5) is 36.9. The van der Waals surface area contributed by atoms with Gasteiger partial charge in [-0.15, -0.1) is 0 Å². The van der Waals surface area contributed by atoms with Crippen LogP contribution in [-0.4, -0.2) is 40.4 Å². The Morgan fingerprint density at radius 2 is 1.75 bits per heavy atom. The fourth-order valence-corrected chi connectivity index (χ4v) is 2.05. The van der Waals surface area contributed by atoms with Crippen molar-refractivity contribution in [2.24, 2.45) is 5.41 Å². The molecule has 0 saturated carbocycles. The van der Waals surface area contributed by atoms with Gasteiger partial charge < -0.3 is 15.3 Å². The van der Waals surface area contributed by atoms with Crippen molar-refractivity contribution in [2.45, 2.75) is 46.7 Å². The number of aliphatic carboxylic acids is 1. The number of nitrogens with zero attached hydrogens (tertiary/aromatic N) is 1. The first-order valence-electron chi connectivity index (χ1n) is 7.97. The smallest absolute Gasteiger partial charge is 0.326 e. The molecule has 0 aliphatic carbocycles. The fourth-order valence-electron chi connectivity index (χ4n) is 2.05. The molecule has 6 nitrogen and oxygen atoms in total. The number of hydrogen-bond acceptors (Lipinski definition) is 3. The van der Waals surface area contributed by atoms with E-state index < -0.39 is 17.4 Å². The summed E-state index contributed by atoms with van der Waals surface area (Å²) in [6.45, 7) is 7.26. The summed E-state index contributed by atoms with van der Waals surface area (Å²) in [6, 6.07) is 8.29. The first-order chi connectivity index (χ1) is 11.1. The van der Waals surface area contributed by atoms with Gasteiger partial charge in [0, 0.05) is 24.9 Å². The first kappa shape index (κ1) is 19.7. The number of amides is 2. The van der Waals surface area contributed by atoms with Gasteiger partial charge in [-0.05, 0) is 12.5 Å². The van der Waals surface area contributed by atoms with E-state index in [1.54, 1.807) is 20.8 Å². The van der Waals surface area contributed by atoms with E-state index in [0.717, 1.165) is 5.56 Å². The van der Waals surface area contributed by atoms with Gasteiger partial charge in [0.1, 0.15) is 6.04 Å². The minimum Gasteiger partial charge on any atom is -0.480 e. The highest BCUT2D eigenvalue weighted by atomic mass is 16.4. The quantitative estimate of drug-likeness (QED) is 0.799. The van der Waals surface area contributed by atoms with Crippen molar-refractivity contribution >= 4 is 17.8 Å². The van der Waals surface area contributed by atoms with Gasteiger partial charge in [-0.1, -0.05) is 51.1 Å². The lowest BCUT2D eigenvalue weighted by Crippen LogP contribution is -2.44. The van der Waals surface area contributed by atoms with E-state index in [2.05, 4.69) is 5.32 Å². The molecular weight excluding hydrogens is 308 g/mol. The summed E-state index contributed by atoms with van der Waals surface area (Å²) in [5.74, 6) is -1.50. The predicted molar refractivity (Wildman–Crippen MR) is 91.2 cm³/mol. The average molecular weight is 334 g/mol. The van der Waals surface area contributed by atoms with E-state index in [1.807, 2.05) is 30.3 Å². The Bertz CT molecular complexity index is 578. The monoisotopic (exact) mass is 334 g/mol. The Balaban J connectivity index is 2.71. The van der Waals surface area contributed by atoms with Crippen molar-refractivity contribution in [3.05, 3.63) is 35.9 Å². The number of rotatable bonds is 7. The molecule has 2 N–H and O–H groups in total. The molecule has 132 valence electrons. The zero-order valence-corrected chi connectivity index (χ0v) is 14.7. The van der Waals surface area contributed by atoms with E-state index >= 15 is 0 Å². The molecule has 24 heavy (non-hydrogen) atoms. The Labute approximate surface area is 142 Å². The highest BCUT2D eigenvalue weighted by Gasteiger charge is 2.26. The molecule has 1 rings (SSSR count). The van der Waals surface area contributed by atoms with E-state index in [4.69, 9.17) is 0 Å². The van der Waals surface area contributed by atoms with E-state index in [9.17, 15) is 19.5 Å². The summed E-state index contributed by atoms with van der Waals surface area (Å²) in [7, 11) is 0. The van der Waals surface area contributed by atoms with Gasteiger partial charge in [0.2, 0.25) is 11.8 Å². The van der Waals surface area contributed by atoms with Crippen LogP contribution in [0.2, 0.25) is 0 Å². The lowest BCUT2D eigenvalue weighted by Gasteiger charge is -2.27. The molecule has 0 aliphatic heterocycles. The molecule has 0 radical (unpaired) electrons. The van der Waals surface area contributed by atoms with Crippen LogP contribution < -0.4 is 5.32 Å². The lowest BCUT2D eigenvalue weighted by atomic mass is 9.96. The first-order valence-corrected chi connectivity index (χ1v) is 7.97. The highest BCUT2D eigenvalue weighted by molar-refractivity contribution is 5.85. The van der Waals surface area contributed by atoms with Gasteiger partial charge in [0.15, 0.2) is 0 Å². The Morgan fingerprint density at radius 3 is 2.25 bits per heavy atom. The topological polar surface area (TPSA) is 86.7 Å². The molecule has 0 heterocycles. The van der Waals surface area contributed by atoms with Crippen molar-refractivity contribution in [2.75, 3.05) is 6.54 Å². The summed E-state index contributed by atoms with van der Waals surface area (Å²) in [5.41, 5.74) is 0.332. The van der Waals surface area contributed by atoms with Gasteiger partial charge in [-0.2, -0.15) is 0 Å². The second-order valence-corrected chi connectivity index (χ2v) is 6.78. The number of hydrogen-bond donors (Lipinski definition) is 2. The maximum atomic E-state index is 12.4. The zero-order valence-electron chi connectivity index (χ0n) is 14.7. The molecule has 0 fully saturated rings. The van der Waals surface area contributed by atoms with Crippen molar-refractivity contribution in [3.63, 3.8) is 0 Å². The van der Waals surface area contributed by atoms with Gasteiger partial charge in [0.05, 0.1) is 0 Å². The van der Waals surface area contributed by atoms with Crippen LogP contribution in [-0.2, 0) is 20.9 Å². The van der Waals surface area contributed by atoms with Crippen LogP contribution in [0.1, 0.15) is 39.7 Å². The van der Waals surface area contributed by atoms with Crippen LogP contribution in [0.4, 0.5) is 0 Å². The molecule has 0 aromatic heterocycles. The van der Waals surface area contributed by atoms with Gasteiger partial charge in [0.25, 0.3) is 0 Å². The number of carbonyl (C=O) groups excluding carboxylic acids is 2. The van der Waals surface area contributed by atoms with Crippen LogP contribution in [0, 0.1) is 5.41 Å². The summed E-state index contributed by atoms with van der Waals surface area (Å²) in [5, 5.41) is 11.9. The minimum absolute atomic E-state index is 0.0618. The number of carbonyl (C=O) groups is 3. The maximum Gasteiger partial charge on any atom is 0.326 e. The third-order valence-corrected chi connectivity index (χ3v) is 3.65. The minimum atomic E-state index is -1.06. The molecule has 2 amide bonds. The molecule has 1 atom stereocenters. The largest absolute Gasteiger partial charge is 0.480 e. The number of benzene rings is 1. The van der Waals surface area contributed by atoms with Crippen molar-refractivity contribution < 1.29 is 19.5 Å². The van der Waals surface area contributed by atoms with Crippen LogP contribution in [0.25, 0.3) is 0 Å². The number of nitrogens with one attached hydrogen (secondary N) is 1. The summed E-state index contributed by atoms with van der Waals surface area (Å²) >= 11 is 0. The average Bonchev–Trinajstić information content (AvgIpc) is 2.51. The van der Waals surface area contributed by atoms with Crippen LogP contribution in [0.15, 0.2) is 30.3 Å². The molecule has 0 spiro atoms. The van der Waals surface area contributed by atoms with Crippen molar-refractivity contribution in [1.29, 1.82) is 0 Å². The Hall–Kier alpha value is -2.37. The second kappa shape index (κ2) is 8.47. The normalized spacial score (nSPS) is 12.3. The standard InChI is InChI=1S/C18H26N2O4/c1-13(16(22)23)20(12-14-8-6-5-7-9-14)15(21)10-11-19-17(24)18(2,3)4/h5-9,13H,10-12H2,1-4H3,(H,19,24)(H,22,23). The van der Waals surface area contributed by atoms with E-state index in [0.29, 0.717) is 0 Å². The Morgan fingerprint density at radius 1 is 1.17 bits per heavy atom.